The summed E-state index contributed by atoms with van der Waals surface area (Å²) in [6.45, 7) is 6.42. The predicted octanol–water partition coefficient (Wildman–Crippen LogP) is 3.62. The van der Waals surface area contributed by atoms with Crippen molar-refractivity contribution >= 4 is 28.6 Å². The highest BCUT2D eigenvalue weighted by Gasteiger charge is 2.30. The lowest BCUT2D eigenvalue weighted by Gasteiger charge is -2.36. The highest BCUT2D eigenvalue weighted by molar-refractivity contribution is 8.00. The molecular weight excluding hydrogens is 396 g/mol. The van der Waals surface area contributed by atoms with Gasteiger partial charge in [-0.15, -0.1) is 0 Å². The molecule has 0 radical (unpaired) electrons. The lowest BCUT2D eigenvalue weighted by Crippen LogP contribution is -2.46. The highest BCUT2D eigenvalue weighted by atomic mass is 32.2. The number of fused-ring (bicyclic) bond motifs is 1. The Hall–Kier alpha value is -1.86. The molecule has 7 heteroatoms. The van der Waals surface area contributed by atoms with Gasteiger partial charge in [-0.1, -0.05) is 30.8 Å². The summed E-state index contributed by atoms with van der Waals surface area (Å²) in [4.78, 5) is 35.3. The Labute approximate surface area is 183 Å². The zero-order valence-electron chi connectivity index (χ0n) is 18.6. The molecule has 164 valence electrons. The smallest absolute Gasteiger partial charge is 0.262 e. The lowest BCUT2D eigenvalue weighted by atomic mass is 10.00. The zero-order valence-corrected chi connectivity index (χ0v) is 19.5. The number of carbonyl (C=O) groups is 1. The van der Waals surface area contributed by atoms with Crippen LogP contribution in [-0.2, 0) is 11.3 Å². The molecule has 1 aromatic heterocycles. The maximum absolute atomic E-state index is 13.2. The van der Waals surface area contributed by atoms with Crippen LogP contribution >= 0.6 is 11.8 Å². The third kappa shape index (κ3) is 5.24. The van der Waals surface area contributed by atoms with E-state index in [0.29, 0.717) is 28.6 Å². The Morgan fingerprint density at radius 2 is 2.07 bits per heavy atom. The molecule has 1 amide bonds. The first kappa shape index (κ1) is 22.8. The fourth-order valence-electron chi connectivity index (χ4n) is 4.14. The number of hydrogen-bond donors (Lipinski definition) is 0. The first-order valence-electron chi connectivity index (χ1n) is 11.0. The van der Waals surface area contributed by atoms with E-state index in [9.17, 15) is 9.59 Å². The number of likely N-dealkylation sites (tertiary alicyclic amines) is 1. The first-order valence-corrected chi connectivity index (χ1v) is 11.9. The van der Waals surface area contributed by atoms with Crippen LogP contribution in [-0.4, -0.2) is 63.7 Å². The molecule has 1 aliphatic heterocycles. The molecule has 30 heavy (non-hydrogen) atoms. The second-order valence-corrected chi connectivity index (χ2v) is 9.68. The van der Waals surface area contributed by atoms with Crippen molar-refractivity contribution in [1.29, 1.82) is 0 Å². The van der Waals surface area contributed by atoms with Crippen molar-refractivity contribution in [3.05, 3.63) is 34.6 Å². The minimum atomic E-state index is -0.273. The van der Waals surface area contributed by atoms with Gasteiger partial charge in [-0.05, 0) is 71.8 Å². The van der Waals surface area contributed by atoms with Gasteiger partial charge in [0.1, 0.15) is 0 Å². The second-order valence-electron chi connectivity index (χ2n) is 8.37. The van der Waals surface area contributed by atoms with E-state index in [1.807, 2.05) is 45.3 Å². The molecular formula is C23H34N4O2S. The van der Waals surface area contributed by atoms with E-state index in [2.05, 4.69) is 16.7 Å². The number of piperidine rings is 1. The van der Waals surface area contributed by atoms with E-state index in [4.69, 9.17) is 4.98 Å². The SMILES string of the molecule is CC[C@@H]1CCCCN1C(=O)[C@H](C)Sc1nc2ccccc2c(=O)n1CCCN(C)C. The first-order chi connectivity index (χ1) is 14.4. The molecule has 0 spiro atoms. The number of amides is 1. The van der Waals surface area contributed by atoms with E-state index in [1.165, 1.54) is 18.2 Å². The molecule has 1 aliphatic rings. The largest absolute Gasteiger partial charge is 0.339 e. The van der Waals surface area contributed by atoms with Crippen LogP contribution in [0.15, 0.2) is 34.2 Å². The van der Waals surface area contributed by atoms with Crippen molar-refractivity contribution in [2.45, 2.75) is 68.9 Å². The quantitative estimate of drug-likeness (QED) is 0.473. The Balaban J connectivity index is 1.87. The fraction of sp³-hybridized carbons (Fsp3) is 0.609. The number of para-hydroxylation sites is 1. The average Bonchev–Trinajstić information content (AvgIpc) is 2.75. The van der Waals surface area contributed by atoms with Crippen LogP contribution in [0.3, 0.4) is 0 Å². The van der Waals surface area contributed by atoms with Crippen LogP contribution in [0, 0.1) is 0 Å². The zero-order chi connectivity index (χ0) is 21.7. The number of aromatic nitrogens is 2. The van der Waals surface area contributed by atoms with Crippen LogP contribution in [0.4, 0.5) is 0 Å². The highest BCUT2D eigenvalue weighted by Crippen LogP contribution is 2.27. The van der Waals surface area contributed by atoms with Gasteiger partial charge in [0, 0.05) is 19.1 Å². The molecule has 2 atom stereocenters. The summed E-state index contributed by atoms with van der Waals surface area (Å²) >= 11 is 1.42. The van der Waals surface area contributed by atoms with Gasteiger partial charge in [0.05, 0.1) is 16.2 Å². The minimum Gasteiger partial charge on any atom is -0.339 e. The second kappa shape index (κ2) is 10.4. The summed E-state index contributed by atoms with van der Waals surface area (Å²) in [5, 5.41) is 1.00. The molecule has 6 nitrogen and oxygen atoms in total. The summed E-state index contributed by atoms with van der Waals surface area (Å²) in [6.07, 6.45) is 5.20. The van der Waals surface area contributed by atoms with Gasteiger partial charge in [-0.25, -0.2) is 4.98 Å². The molecule has 0 saturated carbocycles. The monoisotopic (exact) mass is 430 g/mol. The van der Waals surface area contributed by atoms with Crippen LogP contribution in [0.2, 0.25) is 0 Å². The van der Waals surface area contributed by atoms with E-state index in [-0.39, 0.29) is 16.7 Å². The molecule has 0 unspecified atom stereocenters. The van der Waals surface area contributed by atoms with Gasteiger partial charge in [-0.3, -0.25) is 14.2 Å². The van der Waals surface area contributed by atoms with Crippen molar-refractivity contribution in [2.24, 2.45) is 0 Å². The van der Waals surface area contributed by atoms with Crippen molar-refractivity contribution in [2.75, 3.05) is 27.2 Å². The van der Waals surface area contributed by atoms with Crippen molar-refractivity contribution in [1.82, 2.24) is 19.4 Å². The van der Waals surface area contributed by atoms with Crippen LogP contribution in [0.25, 0.3) is 10.9 Å². The van der Waals surface area contributed by atoms with E-state index >= 15 is 0 Å². The number of benzene rings is 1. The Morgan fingerprint density at radius 1 is 1.30 bits per heavy atom. The van der Waals surface area contributed by atoms with Crippen LogP contribution in [0.5, 0.6) is 0 Å². The summed E-state index contributed by atoms with van der Waals surface area (Å²) < 4.78 is 1.76. The summed E-state index contributed by atoms with van der Waals surface area (Å²) in [6, 6.07) is 7.80. The van der Waals surface area contributed by atoms with Crippen molar-refractivity contribution in [3.63, 3.8) is 0 Å². The van der Waals surface area contributed by atoms with Gasteiger partial charge in [0.15, 0.2) is 5.16 Å². The van der Waals surface area contributed by atoms with Crippen molar-refractivity contribution < 1.29 is 4.79 Å². The van der Waals surface area contributed by atoms with E-state index < -0.39 is 0 Å². The third-order valence-corrected chi connectivity index (χ3v) is 6.90. The average molecular weight is 431 g/mol. The van der Waals surface area contributed by atoms with Crippen molar-refractivity contribution in [3.8, 4) is 0 Å². The molecule has 0 bridgehead atoms. The topological polar surface area (TPSA) is 58.4 Å². The number of nitrogens with zero attached hydrogens (tertiary/aromatic N) is 4. The van der Waals surface area contributed by atoms with Gasteiger partial charge >= 0.3 is 0 Å². The van der Waals surface area contributed by atoms with Gasteiger partial charge in [0.2, 0.25) is 5.91 Å². The molecule has 1 saturated heterocycles. The Morgan fingerprint density at radius 3 is 2.80 bits per heavy atom. The molecule has 1 fully saturated rings. The fourth-order valence-corrected chi connectivity index (χ4v) is 5.14. The Bertz CT molecular complexity index is 927. The van der Waals surface area contributed by atoms with E-state index in [1.54, 1.807) is 4.57 Å². The Kier molecular flexibility index (Phi) is 7.94. The van der Waals surface area contributed by atoms with Crippen LogP contribution in [0.1, 0.15) is 46.0 Å². The molecule has 2 heterocycles. The third-order valence-electron chi connectivity index (χ3n) is 5.83. The summed E-state index contributed by atoms with van der Waals surface area (Å²) in [5.74, 6) is 0.161. The van der Waals surface area contributed by atoms with E-state index in [0.717, 1.165) is 38.8 Å². The molecule has 0 aliphatic carbocycles. The van der Waals surface area contributed by atoms with Gasteiger partial charge < -0.3 is 9.80 Å². The molecule has 0 N–H and O–H groups in total. The lowest BCUT2D eigenvalue weighted by molar-refractivity contribution is -0.134. The number of hydrogen-bond acceptors (Lipinski definition) is 5. The maximum Gasteiger partial charge on any atom is 0.262 e. The number of rotatable bonds is 8. The molecule has 3 rings (SSSR count). The standard InChI is InChI=1S/C23H34N4O2S/c1-5-18-11-8-9-15-26(18)21(28)17(2)30-23-24-20-13-7-6-12-19(20)22(29)27(23)16-10-14-25(3)4/h6-7,12-13,17-18H,5,8-11,14-16H2,1-4H3/t17-,18+/m0/s1. The van der Waals surface area contributed by atoms with Gasteiger partial charge in [0.25, 0.3) is 5.56 Å². The summed E-state index contributed by atoms with van der Waals surface area (Å²) in [7, 11) is 4.06. The van der Waals surface area contributed by atoms with Gasteiger partial charge in [-0.2, -0.15) is 0 Å². The normalized spacial score (nSPS) is 18.2. The summed E-state index contributed by atoms with van der Waals surface area (Å²) in [5.41, 5.74) is 0.670. The number of thioether (sulfide) groups is 1. The predicted molar refractivity (Wildman–Crippen MR) is 124 cm³/mol. The molecule has 1 aromatic carbocycles. The maximum atomic E-state index is 13.2. The number of carbonyl (C=O) groups excluding carboxylic acids is 1. The minimum absolute atomic E-state index is 0.0223. The van der Waals surface area contributed by atoms with Crippen LogP contribution < -0.4 is 5.56 Å². The molecule has 2 aromatic rings.